The normalized spacial score (nSPS) is 12.7. The van der Waals surface area contributed by atoms with E-state index in [4.69, 9.17) is 10.5 Å². The standard InChI is InChI=1S/C18H16N2O4/c1-10(16(21)20-18(19)23)24-17(22)12-6-7-15-13(9-12)8-11-4-2-3-5-14(11)15/h2-7,9-10H,8H2,1H3,(H3,19,20,21,23)/t10-/m1/s1. The van der Waals surface area contributed by atoms with Gasteiger partial charge in [0.25, 0.3) is 5.91 Å². The van der Waals surface area contributed by atoms with Crippen LogP contribution in [0.2, 0.25) is 0 Å². The second kappa shape index (κ2) is 6.16. The number of esters is 1. The molecule has 2 aromatic rings. The van der Waals surface area contributed by atoms with Crippen molar-refractivity contribution in [1.29, 1.82) is 0 Å². The van der Waals surface area contributed by atoms with Crippen LogP contribution in [0.15, 0.2) is 42.5 Å². The lowest BCUT2D eigenvalue weighted by molar-refractivity contribution is -0.127. The van der Waals surface area contributed by atoms with Crippen molar-refractivity contribution in [2.45, 2.75) is 19.4 Å². The Kier molecular flexibility index (Phi) is 4.04. The smallest absolute Gasteiger partial charge is 0.338 e. The Labute approximate surface area is 138 Å². The molecule has 24 heavy (non-hydrogen) atoms. The van der Waals surface area contributed by atoms with E-state index in [2.05, 4.69) is 12.1 Å². The fraction of sp³-hybridized carbons (Fsp3) is 0.167. The highest BCUT2D eigenvalue weighted by Gasteiger charge is 2.23. The number of imide groups is 1. The first-order chi connectivity index (χ1) is 11.5. The SMILES string of the molecule is C[C@@H](OC(=O)c1ccc2c(c1)Cc1ccccc1-2)C(=O)NC(N)=O. The van der Waals surface area contributed by atoms with E-state index in [9.17, 15) is 14.4 Å². The van der Waals surface area contributed by atoms with Gasteiger partial charge in [0.05, 0.1) is 5.56 Å². The first-order valence-electron chi connectivity index (χ1n) is 7.48. The van der Waals surface area contributed by atoms with Crippen molar-refractivity contribution in [3.63, 3.8) is 0 Å². The van der Waals surface area contributed by atoms with E-state index in [0.29, 0.717) is 5.56 Å². The Bertz CT molecular complexity index is 845. The summed E-state index contributed by atoms with van der Waals surface area (Å²) in [7, 11) is 0. The van der Waals surface area contributed by atoms with Gasteiger partial charge in [-0.2, -0.15) is 0 Å². The zero-order valence-corrected chi connectivity index (χ0v) is 13.0. The first-order valence-corrected chi connectivity index (χ1v) is 7.48. The van der Waals surface area contributed by atoms with Gasteiger partial charge in [-0.3, -0.25) is 10.1 Å². The van der Waals surface area contributed by atoms with Crippen LogP contribution in [0.25, 0.3) is 11.1 Å². The number of urea groups is 1. The van der Waals surface area contributed by atoms with Crippen LogP contribution >= 0.6 is 0 Å². The molecule has 0 aromatic heterocycles. The van der Waals surface area contributed by atoms with Crippen LogP contribution in [0.3, 0.4) is 0 Å². The second-order valence-electron chi connectivity index (χ2n) is 5.61. The number of ether oxygens (including phenoxy) is 1. The lowest BCUT2D eigenvalue weighted by Gasteiger charge is -2.12. The fourth-order valence-corrected chi connectivity index (χ4v) is 2.78. The molecule has 2 aromatic carbocycles. The van der Waals surface area contributed by atoms with Gasteiger partial charge < -0.3 is 10.5 Å². The van der Waals surface area contributed by atoms with E-state index >= 15 is 0 Å². The van der Waals surface area contributed by atoms with Gasteiger partial charge in [-0.05, 0) is 47.7 Å². The minimum Gasteiger partial charge on any atom is -0.449 e. The molecule has 0 fully saturated rings. The average Bonchev–Trinajstić information content (AvgIpc) is 2.91. The lowest BCUT2D eigenvalue weighted by atomic mass is 10.0. The van der Waals surface area contributed by atoms with Crippen LogP contribution in [-0.2, 0) is 16.0 Å². The molecule has 0 heterocycles. The largest absolute Gasteiger partial charge is 0.449 e. The van der Waals surface area contributed by atoms with Crippen LogP contribution in [0.4, 0.5) is 4.79 Å². The monoisotopic (exact) mass is 324 g/mol. The molecule has 3 rings (SSSR count). The van der Waals surface area contributed by atoms with E-state index < -0.39 is 24.0 Å². The fourth-order valence-electron chi connectivity index (χ4n) is 2.78. The highest BCUT2D eigenvalue weighted by atomic mass is 16.5. The molecular weight excluding hydrogens is 308 g/mol. The number of hydrogen-bond acceptors (Lipinski definition) is 4. The minimum absolute atomic E-state index is 0.361. The van der Waals surface area contributed by atoms with E-state index in [0.717, 1.165) is 17.5 Å². The molecular formula is C18H16N2O4. The Morgan fingerprint density at radius 2 is 1.79 bits per heavy atom. The summed E-state index contributed by atoms with van der Waals surface area (Å²) >= 11 is 0. The van der Waals surface area contributed by atoms with Gasteiger partial charge in [0, 0.05) is 0 Å². The summed E-state index contributed by atoms with van der Waals surface area (Å²) in [4.78, 5) is 34.4. The van der Waals surface area contributed by atoms with Gasteiger partial charge in [-0.25, -0.2) is 9.59 Å². The van der Waals surface area contributed by atoms with Gasteiger partial charge in [-0.1, -0.05) is 30.3 Å². The topological polar surface area (TPSA) is 98.5 Å². The molecule has 0 aliphatic heterocycles. The third-order valence-electron chi connectivity index (χ3n) is 3.93. The molecule has 0 bridgehead atoms. The summed E-state index contributed by atoms with van der Waals surface area (Å²) in [5.41, 5.74) is 9.75. The van der Waals surface area contributed by atoms with Crippen molar-refractivity contribution in [2.75, 3.05) is 0 Å². The van der Waals surface area contributed by atoms with Crippen molar-refractivity contribution in [1.82, 2.24) is 5.32 Å². The molecule has 122 valence electrons. The molecule has 3 amide bonds. The number of nitrogens with two attached hydrogens (primary N) is 1. The number of nitrogens with one attached hydrogen (secondary N) is 1. The zero-order valence-electron chi connectivity index (χ0n) is 13.0. The summed E-state index contributed by atoms with van der Waals surface area (Å²) in [6, 6.07) is 12.4. The van der Waals surface area contributed by atoms with Crippen LogP contribution in [0, 0.1) is 0 Å². The predicted octanol–water partition coefficient (Wildman–Crippen LogP) is 2.00. The molecule has 0 saturated carbocycles. The molecule has 6 nitrogen and oxygen atoms in total. The lowest BCUT2D eigenvalue weighted by Crippen LogP contribution is -2.42. The van der Waals surface area contributed by atoms with Crippen LogP contribution in [0.1, 0.15) is 28.4 Å². The van der Waals surface area contributed by atoms with Crippen molar-refractivity contribution < 1.29 is 19.1 Å². The molecule has 0 unspecified atom stereocenters. The summed E-state index contributed by atoms with van der Waals surface area (Å²) < 4.78 is 5.08. The van der Waals surface area contributed by atoms with Crippen LogP contribution in [0.5, 0.6) is 0 Å². The molecule has 6 heteroatoms. The van der Waals surface area contributed by atoms with Crippen molar-refractivity contribution >= 4 is 17.9 Å². The number of carbonyl (C=O) groups excluding carboxylic acids is 3. The van der Waals surface area contributed by atoms with E-state index in [1.807, 2.05) is 23.5 Å². The van der Waals surface area contributed by atoms with Crippen LogP contribution in [-0.4, -0.2) is 24.0 Å². The molecule has 0 saturated heterocycles. The Balaban J connectivity index is 1.75. The first kappa shape index (κ1) is 15.7. The zero-order chi connectivity index (χ0) is 17.3. The van der Waals surface area contributed by atoms with Gasteiger partial charge in [0.1, 0.15) is 0 Å². The predicted molar refractivity (Wildman–Crippen MR) is 87.3 cm³/mol. The number of hydrogen-bond donors (Lipinski definition) is 2. The minimum atomic E-state index is -1.12. The van der Waals surface area contributed by atoms with Gasteiger partial charge in [-0.15, -0.1) is 0 Å². The van der Waals surface area contributed by atoms with E-state index in [1.165, 1.54) is 18.1 Å². The third-order valence-corrected chi connectivity index (χ3v) is 3.93. The second-order valence-corrected chi connectivity index (χ2v) is 5.61. The number of primary amides is 1. The Morgan fingerprint density at radius 3 is 2.54 bits per heavy atom. The molecule has 1 aliphatic rings. The molecule has 0 spiro atoms. The summed E-state index contributed by atoms with van der Waals surface area (Å²) in [5.74, 6) is -1.38. The quantitative estimate of drug-likeness (QED) is 0.720. The highest BCUT2D eigenvalue weighted by molar-refractivity contribution is 5.98. The number of fused-ring (bicyclic) bond motifs is 3. The number of carbonyl (C=O) groups is 3. The molecule has 1 aliphatic carbocycles. The van der Waals surface area contributed by atoms with E-state index in [-0.39, 0.29) is 0 Å². The molecule has 1 atom stereocenters. The Morgan fingerprint density at radius 1 is 1.08 bits per heavy atom. The molecule has 0 radical (unpaired) electrons. The Hall–Kier alpha value is -3.15. The van der Waals surface area contributed by atoms with Gasteiger partial charge in [0.2, 0.25) is 0 Å². The van der Waals surface area contributed by atoms with Crippen molar-refractivity contribution in [3.05, 3.63) is 59.2 Å². The van der Waals surface area contributed by atoms with Gasteiger partial charge in [0.15, 0.2) is 6.10 Å². The summed E-state index contributed by atoms with van der Waals surface area (Å²) in [6.45, 7) is 1.37. The maximum Gasteiger partial charge on any atom is 0.338 e. The number of benzene rings is 2. The number of amides is 3. The summed E-state index contributed by atoms with van der Waals surface area (Å²) in [5, 5.41) is 1.88. The molecule has 3 N–H and O–H groups in total. The summed E-state index contributed by atoms with van der Waals surface area (Å²) in [6.07, 6.45) is -0.361. The van der Waals surface area contributed by atoms with E-state index in [1.54, 1.807) is 12.1 Å². The third kappa shape index (κ3) is 2.99. The van der Waals surface area contributed by atoms with Crippen molar-refractivity contribution in [2.24, 2.45) is 5.73 Å². The van der Waals surface area contributed by atoms with Crippen molar-refractivity contribution in [3.8, 4) is 11.1 Å². The maximum atomic E-state index is 12.2. The van der Waals surface area contributed by atoms with Gasteiger partial charge >= 0.3 is 12.0 Å². The maximum absolute atomic E-state index is 12.2. The number of rotatable bonds is 3. The highest BCUT2D eigenvalue weighted by Crippen LogP contribution is 2.36. The van der Waals surface area contributed by atoms with Crippen LogP contribution < -0.4 is 11.1 Å². The average molecular weight is 324 g/mol.